The van der Waals surface area contributed by atoms with Crippen molar-refractivity contribution in [1.82, 2.24) is 4.90 Å². The third kappa shape index (κ3) is 4.68. The van der Waals surface area contributed by atoms with Gasteiger partial charge in [-0.25, -0.2) is 4.79 Å². The maximum atomic E-state index is 12.1. The number of nitrogens with zero attached hydrogens (tertiary/aromatic N) is 1. The van der Waals surface area contributed by atoms with Crippen LogP contribution in [0.25, 0.3) is 0 Å². The van der Waals surface area contributed by atoms with Crippen LogP contribution >= 0.6 is 0 Å². The van der Waals surface area contributed by atoms with Crippen molar-refractivity contribution < 1.29 is 19.0 Å². The highest BCUT2D eigenvalue weighted by molar-refractivity contribution is 5.69. The number of likely N-dealkylation sites (tertiary alicyclic amines) is 1. The van der Waals surface area contributed by atoms with Crippen LogP contribution in [0, 0.1) is 0 Å². The molecule has 0 spiro atoms. The summed E-state index contributed by atoms with van der Waals surface area (Å²) in [4.78, 5) is 13.8. The molecular weight excluding hydrogens is 296 g/mol. The van der Waals surface area contributed by atoms with E-state index >= 15 is 0 Å². The van der Waals surface area contributed by atoms with Crippen LogP contribution in [0.15, 0.2) is 18.2 Å². The van der Waals surface area contributed by atoms with Crippen LogP contribution < -0.4 is 14.8 Å². The first kappa shape index (κ1) is 17.2. The van der Waals surface area contributed by atoms with Gasteiger partial charge in [-0.15, -0.1) is 0 Å². The Bertz CT molecular complexity index is 554. The van der Waals surface area contributed by atoms with E-state index < -0.39 is 5.60 Å². The number of methoxy groups -OCH3 is 2. The van der Waals surface area contributed by atoms with E-state index in [1.807, 2.05) is 39.0 Å². The second-order valence-corrected chi connectivity index (χ2v) is 6.62. The largest absolute Gasteiger partial charge is 0.497 e. The summed E-state index contributed by atoms with van der Waals surface area (Å²) in [6.07, 6.45) is 0.596. The van der Waals surface area contributed by atoms with Gasteiger partial charge in [0.05, 0.1) is 19.9 Å². The van der Waals surface area contributed by atoms with Crippen LogP contribution in [0.2, 0.25) is 0 Å². The van der Waals surface area contributed by atoms with E-state index in [2.05, 4.69) is 5.32 Å². The van der Waals surface area contributed by atoms with Gasteiger partial charge in [0.25, 0.3) is 0 Å². The summed E-state index contributed by atoms with van der Waals surface area (Å²) in [6.45, 7) is 6.90. The molecule has 1 amide bonds. The molecule has 0 aliphatic carbocycles. The molecule has 0 aromatic heterocycles. The Balaban J connectivity index is 1.99. The van der Waals surface area contributed by atoms with Crippen LogP contribution in [0.4, 0.5) is 10.5 Å². The highest BCUT2D eigenvalue weighted by Crippen LogP contribution is 2.30. The molecule has 1 aromatic rings. The van der Waals surface area contributed by atoms with E-state index in [4.69, 9.17) is 14.2 Å². The van der Waals surface area contributed by atoms with Gasteiger partial charge in [-0.1, -0.05) is 0 Å². The number of hydrogen-bond donors (Lipinski definition) is 1. The summed E-state index contributed by atoms with van der Waals surface area (Å²) in [7, 11) is 3.26. The van der Waals surface area contributed by atoms with Gasteiger partial charge in [0.15, 0.2) is 0 Å². The molecule has 1 fully saturated rings. The average molecular weight is 322 g/mol. The molecule has 0 bridgehead atoms. The highest BCUT2D eigenvalue weighted by atomic mass is 16.6. The summed E-state index contributed by atoms with van der Waals surface area (Å²) in [5.41, 5.74) is 0.390. The predicted octanol–water partition coefficient (Wildman–Crippen LogP) is 3.13. The summed E-state index contributed by atoms with van der Waals surface area (Å²) >= 11 is 0. The third-order valence-corrected chi connectivity index (χ3v) is 3.61. The minimum Gasteiger partial charge on any atom is -0.497 e. The van der Waals surface area contributed by atoms with Crippen LogP contribution in [-0.4, -0.2) is 49.9 Å². The van der Waals surface area contributed by atoms with Crippen molar-refractivity contribution in [1.29, 1.82) is 0 Å². The van der Waals surface area contributed by atoms with E-state index in [0.717, 1.165) is 23.6 Å². The number of carbonyl (C=O) groups excluding carboxylic acids is 1. The van der Waals surface area contributed by atoms with E-state index in [9.17, 15) is 4.79 Å². The number of hydrogen-bond acceptors (Lipinski definition) is 5. The fraction of sp³-hybridized carbons (Fsp3) is 0.588. The predicted molar refractivity (Wildman–Crippen MR) is 89.4 cm³/mol. The van der Waals surface area contributed by atoms with Gasteiger partial charge >= 0.3 is 6.09 Å². The SMILES string of the molecule is COc1ccc(OC)c(NC2CCN(C(=O)OC(C)(C)C)C2)c1. The van der Waals surface area contributed by atoms with Crippen molar-refractivity contribution in [3.8, 4) is 11.5 Å². The first-order chi connectivity index (χ1) is 10.8. The lowest BCUT2D eigenvalue weighted by atomic mass is 10.2. The lowest BCUT2D eigenvalue weighted by Gasteiger charge is -2.24. The standard InChI is InChI=1S/C17H26N2O4/c1-17(2,3)23-16(20)19-9-8-12(11-19)18-14-10-13(21-4)6-7-15(14)22-5/h6-7,10,12,18H,8-9,11H2,1-5H3. The van der Waals surface area contributed by atoms with Crippen molar-refractivity contribution >= 4 is 11.8 Å². The Morgan fingerprint density at radius 1 is 1.26 bits per heavy atom. The average Bonchev–Trinajstić information content (AvgIpc) is 2.94. The fourth-order valence-electron chi connectivity index (χ4n) is 2.52. The van der Waals surface area contributed by atoms with Crippen LogP contribution in [0.5, 0.6) is 11.5 Å². The summed E-state index contributed by atoms with van der Waals surface area (Å²) in [5.74, 6) is 1.51. The first-order valence-electron chi connectivity index (χ1n) is 7.79. The zero-order valence-corrected chi connectivity index (χ0v) is 14.5. The van der Waals surface area contributed by atoms with Crippen LogP contribution in [0.1, 0.15) is 27.2 Å². The highest BCUT2D eigenvalue weighted by Gasteiger charge is 2.30. The maximum Gasteiger partial charge on any atom is 0.410 e. The maximum absolute atomic E-state index is 12.1. The lowest BCUT2D eigenvalue weighted by Crippen LogP contribution is -2.36. The molecule has 1 atom stereocenters. The number of amides is 1. The number of anilines is 1. The van der Waals surface area contributed by atoms with Crippen LogP contribution in [-0.2, 0) is 4.74 Å². The Kier molecular flexibility index (Phi) is 5.23. The molecule has 1 N–H and O–H groups in total. The van der Waals surface area contributed by atoms with Gasteiger partial charge in [-0.3, -0.25) is 0 Å². The zero-order chi connectivity index (χ0) is 17.0. The molecule has 6 heteroatoms. The van der Waals surface area contributed by atoms with Gasteiger partial charge in [0, 0.05) is 25.2 Å². The molecule has 1 aliphatic heterocycles. The van der Waals surface area contributed by atoms with E-state index in [1.54, 1.807) is 19.1 Å². The molecule has 1 saturated heterocycles. The number of nitrogens with one attached hydrogen (secondary N) is 1. The second kappa shape index (κ2) is 6.98. The molecule has 23 heavy (non-hydrogen) atoms. The van der Waals surface area contributed by atoms with Gasteiger partial charge in [-0.2, -0.15) is 0 Å². The normalized spacial score (nSPS) is 17.8. The summed E-state index contributed by atoms with van der Waals surface area (Å²) in [6, 6.07) is 5.77. The Morgan fingerprint density at radius 3 is 2.61 bits per heavy atom. The van der Waals surface area contributed by atoms with Crippen molar-refractivity contribution in [2.24, 2.45) is 0 Å². The minimum atomic E-state index is -0.474. The van der Waals surface area contributed by atoms with E-state index in [1.165, 1.54) is 0 Å². The van der Waals surface area contributed by atoms with Gasteiger partial charge in [0.2, 0.25) is 0 Å². The number of rotatable bonds is 4. The smallest absolute Gasteiger partial charge is 0.410 e. The molecular formula is C17H26N2O4. The molecule has 2 rings (SSSR count). The van der Waals surface area contributed by atoms with Gasteiger partial charge in [-0.05, 0) is 39.3 Å². The second-order valence-electron chi connectivity index (χ2n) is 6.62. The fourth-order valence-corrected chi connectivity index (χ4v) is 2.52. The van der Waals surface area contributed by atoms with E-state index in [0.29, 0.717) is 13.1 Å². The molecule has 1 unspecified atom stereocenters. The quantitative estimate of drug-likeness (QED) is 0.923. The number of benzene rings is 1. The van der Waals surface area contributed by atoms with Gasteiger partial charge < -0.3 is 24.4 Å². The van der Waals surface area contributed by atoms with Gasteiger partial charge in [0.1, 0.15) is 17.1 Å². The molecule has 0 saturated carbocycles. The molecule has 1 aliphatic rings. The van der Waals surface area contributed by atoms with Crippen molar-refractivity contribution in [3.63, 3.8) is 0 Å². The monoisotopic (exact) mass is 322 g/mol. The van der Waals surface area contributed by atoms with Crippen molar-refractivity contribution in [2.45, 2.75) is 38.8 Å². The lowest BCUT2D eigenvalue weighted by molar-refractivity contribution is 0.0293. The topological polar surface area (TPSA) is 60.0 Å². The Morgan fingerprint density at radius 2 is 2.00 bits per heavy atom. The Labute approximate surface area is 137 Å². The minimum absolute atomic E-state index is 0.156. The third-order valence-electron chi connectivity index (χ3n) is 3.61. The van der Waals surface area contributed by atoms with Crippen molar-refractivity contribution in [3.05, 3.63) is 18.2 Å². The number of carbonyl (C=O) groups is 1. The molecule has 1 aromatic carbocycles. The van der Waals surface area contributed by atoms with Crippen molar-refractivity contribution in [2.75, 3.05) is 32.6 Å². The summed E-state index contributed by atoms with van der Waals surface area (Å²) < 4.78 is 16.0. The molecule has 0 radical (unpaired) electrons. The zero-order valence-electron chi connectivity index (χ0n) is 14.5. The summed E-state index contributed by atoms with van der Waals surface area (Å²) in [5, 5.41) is 3.43. The molecule has 128 valence electrons. The molecule has 1 heterocycles. The van der Waals surface area contributed by atoms with E-state index in [-0.39, 0.29) is 12.1 Å². The number of ether oxygens (including phenoxy) is 3. The molecule has 6 nitrogen and oxygen atoms in total. The van der Waals surface area contributed by atoms with Crippen LogP contribution in [0.3, 0.4) is 0 Å². The first-order valence-corrected chi connectivity index (χ1v) is 7.79. The Hall–Kier alpha value is -2.11.